The average Bonchev–Trinajstić information content (AvgIpc) is 3.22. The van der Waals surface area contributed by atoms with Crippen LogP contribution >= 0.6 is 0 Å². The van der Waals surface area contributed by atoms with Crippen LogP contribution in [0.25, 0.3) is 0 Å². The van der Waals surface area contributed by atoms with Crippen LogP contribution in [0, 0.1) is 0 Å². The molecule has 2 N–H and O–H groups in total. The minimum Gasteiger partial charge on any atom is -0.385 e. The predicted molar refractivity (Wildman–Crippen MR) is 89.1 cm³/mol. The second-order valence-corrected chi connectivity index (χ2v) is 8.56. The first-order valence-corrected chi connectivity index (χ1v) is 10.3. The maximum atomic E-state index is 10.4. The molecule has 2 aliphatic carbocycles. The summed E-state index contributed by atoms with van der Waals surface area (Å²) in [6, 6.07) is 0. The van der Waals surface area contributed by atoms with E-state index in [9.17, 15) is 10.2 Å². The SMILES string of the molecule is O[C@@H]1O[C@@H](C2COC3(CCCCC3)O2)C2OC3(CCCCC3)OC2[C@H]1O. The van der Waals surface area contributed by atoms with Gasteiger partial charge in [-0.2, -0.15) is 0 Å². The second-order valence-electron chi connectivity index (χ2n) is 8.56. The van der Waals surface area contributed by atoms with Crippen molar-refractivity contribution in [1.82, 2.24) is 0 Å². The smallest absolute Gasteiger partial charge is 0.184 e. The topological polar surface area (TPSA) is 86.6 Å². The fourth-order valence-corrected chi connectivity index (χ4v) is 5.37. The number of rotatable bonds is 1. The molecular weight excluding hydrogens is 340 g/mol. The van der Waals surface area contributed by atoms with Crippen LogP contribution in [-0.4, -0.2) is 65.2 Å². The summed E-state index contributed by atoms with van der Waals surface area (Å²) in [6.07, 6.45) is 5.90. The number of hydrogen-bond donors (Lipinski definition) is 2. The maximum absolute atomic E-state index is 10.4. The third-order valence-corrected chi connectivity index (χ3v) is 6.75. The van der Waals surface area contributed by atoms with Gasteiger partial charge in [-0.1, -0.05) is 12.8 Å². The average molecular weight is 370 g/mol. The van der Waals surface area contributed by atoms with Crippen LogP contribution < -0.4 is 0 Å². The number of aliphatic hydroxyl groups excluding tert-OH is 2. The van der Waals surface area contributed by atoms with E-state index in [-0.39, 0.29) is 6.10 Å². The molecule has 7 nitrogen and oxygen atoms in total. The molecule has 6 atom stereocenters. The van der Waals surface area contributed by atoms with Gasteiger partial charge in [-0.05, 0) is 25.7 Å². The maximum Gasteiger partial charge on any atom is 0.184 e. The summed E-state index contributed by atoms with van der Waals surface area (Å²) in [5.74, 6) is -1.16. The highest BCUT2D eigenvalue weighted by Crippen LogP contribution is 2.47. The number of hydrogen-bond acceptors (Lipinski definition) is 7. The zero-order valence-electron chi connectivity index (χ0n) is 15.2. The van der Waals surface area contributed by atoms with Crippen molar-refractivity contribution < 1.29 is 33.9 Å². The molecule has 3 saturated heterocycles. The van der Waals surface area contributed by atoms with E-state index in [1.807, 2.05) is 0 Å². The lowest BCUT2D eigenvalue weighted by atomic mass is 9.93. The number of fused-ring (bicyclic) bond motifs is 1. The molecule has 0 radical (unpaired) electrons. The first-order valence-electron chi connectivity index (χ1n) is 10.3. The molecule has 3 unspecified atom stereocenters. The van der Waals surface area contributed by atoms with Gasteiger partial charge >= 0.3 is 0 Å². The van der Waals surface area contributed by atoms with E-state index < -0.39 is 42.3 Å². The van der Waals surface area contributed by atoms with Gasteiger partial charge in [-0.3, -0.25) is 0 Å². The van der Waals surface area contributed by atoms with Crippen LogP contribution in [0.1, 0.15) is 64.2 Å². The van der Waals surface area contributed by atoms with Gasteiger partial charge in [-0.25, -0.2) is 0 Å². The molecule has 26 heavy (non-hydrogen) atoms. The molecule has 0 aromatic rings. The van der Waals surface area contributed by atoms with Crippen LogP contribution in [-0.2, 0) is 23.7 Å². The molecule has 0 amide bonds. The summed E-state index contributed by atoms with van der Waals surface area (Å²) in [4.78, 5) is 0. The standard InChI is InChI=1S/C19H30O7/c20-13-15-16(26-19(25-15)9-5-2-6-10-19)14(23-17(13)21)12-11-22-18(24-12)7-3-1-4-8-18/h12-17,20-21H,1-11H2/t12?,13-,14+,15?,16?,17-/m1/s1. The Morgan fingerprint density at radius 2 is 1.27 bits per heavy atom. The molecular formula is C19H30O7. The van der Waals surface area contributed by atoms with Crippen molar-refractivity contribution in [3.63, 3.8) is 0 Å². The van der Waals surface area contributed by atoms with Crippen LogP contribution in [0.15, 0.2) is 0 Å². The van der Waals surface area contributed by atoms with E-state index in [2.05, 4.69) is 0 Å². The lowest BCUT2D eigenvalue weighted by Crippen LogP contribution is -2.60. The Labute approximate surface area is 153 Å². The first-order chi connectivity index (χ1) is 12.6. The molecule has 2 spiro atoms. The molecule has 3 heterocycles. The zero-order valence-corrected chi connectivity index (χ0v) is 15.2. The van der Waals surface area contributed by atoms with E-state index in [1.54, 1.807) is 0 Å². The molecule has 7 heteroatoms. The molecule has 0 aromatic heterocycles. The van der Waals surface area contributed by atoms with Gasteiger partial charge in [0, 0.05) is 25.7 Å². The highest BCUT2D eigenvalue weighted by molar-refractivity contribution is 5.02. The minimum absolute atomic E-state index is 0.315. The molecule has 0 bridgehead atoms. The molecule has 5 fully saturated rings. The van der Waals surface area contributed by atoms with Gasteiger partial charge in [0.15, 0.2) is 17.9 Å². The van der Waals surface area contributed by atoms with Crippen LogP contribution in [0.4, 0.5) is 0 Å². The Morgan fingerprint density at radius 1 is 0.654 bits per heavy atom. The van der Waals surface area contributed by atoms with Crippen molar-refractivity contribution in [2.75, 3.05) is 6.61 Å². The summed E-state index contributed by atoms with van der Waals surface area (Å²) >= 11 is 0. The third-order valence-electron chi connectivity index (χ3n) is 6.75. The van der Waals surface area contributed by atoms with Gasteiger partial charge in [0.2, 0.25) is 0 Å². The Kier molecular flexibility index (Phi) is 4.55. The quantitative estimate of drug-likeness (QED) is 0.725. The van der Waals surface area contributed by atoms with Crippen molar-refractivity contribution in [3.05, 3.63) is 0 Å². The Balaban J connectivity index is 1.35. The van der Waals surface area contributed by atoms with Crippen LogP contribution in [0.2, 0.25) is 0 Å². The van der Waals surface area contributed by atoms with Crippen molar-refractivity contribution in [2.45, 2.75) is 113 Å². The minimum atomic E-state index is -1.30. The fraction of sp³-hybridized carbons (Fsp3) is 1.00. The van der Waals surface area contributed by atoms with Gasteiger partial charge in [0.1, 0.15) is 30.5 Å². The molecule has 5 aliphatic rings. The lowest BCUT2D eigenvalue weighted by Gasteiger charge is -2.40. The summed E-state index contributed by atoms with van der Waals surface area (Å²) in [6.45, 7) is 0.424. The van der Waals surface area contributed by atoms with E-state index in [1.165, 1.54) is 12.8 Å². The molecule has 5 rings (SSSR count). The third kappa shape index (κ3) is 2.92. The van der Waals surface area contributed by atoms with Gasteiger partial charge in [0.25, 0.3) is 0 Å². The normalized spacial score (nSPS) is 47.3. The summed E-state index contributed by atoms with van der Waals surface area (Å²) < 4.78 is 30.7. The van der Waals surface area contributed by atoms with Crippen LogP contribution in [0.5, 0.6) is 0 Å². The predicted octanol–water partition coefficient (Wildman–Crippen LogP) is 1.58. The lowest BCUT2D eigenvalue weighted by molar-refractivity contribution is -0.284. The van der Waals surface area contributed by atoms with Crippen molar-refractivity contribution in [3.8, 4) is 0 Å². The van der Waals surface area contributed by atoms with E-state index in [0.29, 0.717) is 6.61 Å². The fourth-order valence-electron chi connectivity index (χ4n) is 5.37. The van der Waals surface area contributed by atoms with E-state index in [0.717, 1.165) is 51.4 Å². The zero-order chi connectivity index (χ0) is 17.8. The summed E-state index contributed by atoms with van der Waals surface area (Å²) in [5.41, 5.74) is 0. The largest absolute Gasteiger partial charge is 0.385 e. The molecule has 2 saturated carbocycles. The van der Waals surface area contributed by atoms with Crippen molar-refractivity contribution in [2.24, 2.45) is 0 Å². The van der Waals surface area contributed by atoms with E-state index >= 15 is 0 Å². The Morgan fingerprint density at radius 3 is 1.96 bits per heavy atom. The van der Waals surface area contributed by atoms with E-state index in [4.69, 9.17) is 23.7 Å². The Bertz CT molecular complexity index is 514. The van der Waals surface area contributed by atoms with Crippen molar-refractivity contribution >= 4 is 0 Å². The molecule has 3 aliphatic heterocycles. The Hall–Kier alpha value is -0.280. The summed E-state index contributed by atoms with van der Waals surface area (Å²) in [5, 5.41) is 20.7. The van der Waals surface area contributed by atoms with Gasteiger partial charge in [-0.15, -0.1) is 0 Å². The van der Waals surface area contributed by atoms with Gasteiger partial charge in [0.05, 0.1) is 6.61 Å². The second kappa shape index (κ2) is 6.65. The van der Waals surface area contributed by atoms with Crippen LogP contribution in [0.3, 0.4) is 0 Å². The number of ether oxygens (including phenoxy) is 5. The first kappa shape index (κ1) is 17.8. The highest BCUT2D eigenvalue weighted by atomic mass is 16.8. The highest BCUT2D eigenvalue weighted by Gasteiger charge is 2.60. The number of aliphatic hydroxyl groups is 2. The van der Waals surface area contributed by atoms with Crippen molar-refractivity contribution in [1.29, 1.82) is 0 Å². The molecule has 0 aromatic carbocycles. The summed E-state index contributed by atoms with van der Waals surface area (Å²) in [7, 11) is 0. The molecule has 148 valence electrons. The van der Waals surface area contributed by atoms with Gasteiger partial charge < -0.3 is 33.9 Å². The monoisotopic (exact) mass is 370 g/mol.